The van der Waals surface area contributed by atoms with Crippen molar-refractivity contribution in [2.45, 2.75) is 37.8 Å². The van der Waals surface area contributed by atoms with Gasteiger partial charge < -0.3 is 10.0 Å². The predicted octanol–water partition coefficient (Wildman–Crippen LogP) is 1.15. The Hall–Kier alpha value is -1.46. The molecule has 1 fully saturated rings. The number of nitrogens with one attached hydrogen (secondary N) is 1. The third kappa shape index (κ3) is 4.28. The van der Waals surface area contributed by atoms with Gasteiger partial charge in [0.1, 0.15) is 5.54 Å². The summed E-state index contributed by atoms with van der Waals surface area (Å²) in [5.41, 5.74) is 0.159. The van der Waals surface area contributed by atoms with Crippen LogP contribution in [-0.4, -0.2) is 52.7 Å². The number of hydrogen-bond acceptors (Lipinski definition) is 4. The van der Waals surface area contributed by atoms with Gasteiger partial charge in [-0.2, -0.15) is 0 Å². The van der Waals surface area contributed by atoms with Crippen LogP contribution in [0, 0.1) is 0 Å². The molecule has 1 atom stereocenters. The highest BCUT2D eigenvalue weighted by atomic mass is 16.4. The highest BCUT2D eigenvalue weighted by molar-refractivity contribution is 5.78. The Morgan fingerprint density at radius 3 is 2.85 bits per heavy atom. The summed E-state index contributed by atoms with van der Waals surface area (Å²) >= 11 is 0. The van der Waals surface area contributed by atoms with Gasteiger partial charge in [-0.3, -0.25) is 15.1 Å². The maximum atomic E-state index is 11.5. The maximum absolute atomic E-state index is 11.5. The average Bonchev–Trinajstić information content (AvgIpc) is 3.21. The summed E-state index contributed by atoms with van der Waals surface area (Å²) in [6.45, 7) is 3.06. The number of hydrogen-bond donors (Lipinski definition) is 2. The number of rotatable bonds is 8. The lowest BCUT2D eigenvalue weighted by Gasteiger charge is -2.31. The van der Waals surface area contributed by atoms with Gasteiger partial charge in [0.15, 0.2) is 0 Å². The van der Waals surface area contributed by atoms with Crippen LogP contribution in [0.1, 0.15) is 25.5 Å². The van der Waals surface area contributed by atoms with Crippen molar-refractivity contribution in [3.05, 3.63) is 30.1 Å². The van der Waals surface area contributed by atoms with Gasteiger partial charge in [0, 0.05) is 37.4 Å². The summed E-state index contributed by atoms with van der Waals surface area (Å²) in [6.07, 6.45) is 4.78. The summed E-state index contributed by atoms with van der Waals surface area (Å²) in [5, 5.41) is 12.7. The molecule has 1 aromatic rings. The van der Waals surface area contributed by atoms with Gasteiger partial charge in [0.05, 0.1) is 0 Å². The Balaban J connectivity index is 1.84. The van der Waals surface area contributed by atoms with Crippen molar-refractivity contribution in [2.24, 2.45) is 0 Å². The van der Waals surface area contributed by atoms with E-state index in [0.717, 1.165) is 31.5 Å². The van der Waals surface area contributed by atoms with Crippen LogP contribution in [0.5, 0.6) is 0 Å². The van der Waals surface area contributed by atoms with Gasteiger partial charge in [-0.1, -0.05) is 6.07 Å². The molecule has 2 N–H and O–H groups in total. The average molecular weight is 277 g/mol. The quantitative estimate of drug-likeness (QED) is 0.746. The molecule has 0 aromatic carbocycles. The number of nitrogens with zero attached hydrogens (tertiary/aromatic N) is 2. The molecule has 5 heteroatoms. The molecule has 1 aliphatic rings. The van der Waals surface area contributed by atoms with Crippen LogP contribution >= 0.6 is 0 Å². The number of aliphatic carboxylic acids is 1. The van der Waals surface area contributed by atoms with Crippen molar-refractivity contribution < 1.29 is 9.90 Å². The molecular formula is C15H23N3O2. The Kier molecular flexibility index (Phi) is 4.73. The number of carboxylic acid groups (broad SMARTS) is 1. The zero-order valence-corrected chi connectivity index (χ0v) is 12.2. The van der Waals surface area contributed by atoms with E-state index in [9.17, 15) is 9.90 Å². The minimum absolute atomic E-state index is 0.375. The van der Waals surface area contributed by atoms with E-state index >= 15 is 0 Å². The van der Waals surface area contributed by atoms with Crippen LogP contribution in [0.3, 0.4) is 0 Å². The molecule has 1 aromatic heterocycles. The largest absolute Gasteiger partial charge is 0.480 e. The molecule has 0 aliphatic heterocycles. The standard InChI is InChI=1S/C15H23N3O2/c1-15(14(19)20,17-13-6-7-13)11-18(2)10-8-12-5-3-4-9-16-12/h3-5,9,13,17H,6-8,10-11H2,1-2H3,(H,19,20). The molecule has 0 saturated heterocycles. The Labute approximate surface area is 120 Å². The molecule has 110 valence electrons. The zero-order chi connectivity index (χ0) is 14.6. The van der Waals surface area contributed by atoms with Crippen LogP contribution < -0.4 is 5.32 Å². The van der Waals surface area contributed by atoms with Crippen molar-refractivity contribution in [3.63, 3.8) is 0 Å². The second-order valence-corrected chi connectivity index (χ2v) is 5.86. The maximum Gasteiger partial charge on any atom is 0.324 e. The first-order valence-corrected chi connectivity index (χ1v) is 7.09. The number of aromatic nitrogens is 1. The Morgan fingerprint density at radius 1 is 1.55 bits per heavy atom. The van der Waals surface area contributed by atoms with Crippen molar-refractivity contribution in [3.8, 4) is 0 Å². The van der Waals surface area contributed by atoms with E-state index in [4.69, 9.17) is 0 Å². The van der Waals surface area contributed by atoms with E-state index in [-0.39, 0.29) is 0 Å². The molecule has 0 radical (unpaired) electrons. The molecule has 1 saturated carbocycles. The van der Waals surface area contributed by atoms with E-state index in [1.165, 1.54) is 0 Å². The summed E-state index contributed by atoms with van der Waals surface area (Å²) in [6, 6.07) is 6.24. The number of carbonyl (C=O) groups is 1. The summed E-state index contributed by atoms with van der Waals surface area (Å²) in [4.78, 5) is 17.8. The summed E-state index contributed by atoms with van der Waals surface area (Å²) in [7, 11) is 1.96. The van der Waals surface area contributed by atoms with Crippen molar-refractivity contribution in [2.75, 3.05) is 20.1 Å². The molecule has 0 amide bonds. The lowest BCUT2D eigenvalue weighted by atomic mass is 10.0. The topological polar surface area (TPSA) is 65.5 Å². The van der Waals surface area contributed by atoms with Crippen molar-refractivity contribution in [1.82, 2.24) is 15.2 Å². The first kappa shape index (κ1) is 14.9. The second kappa shape index (κ2) is 6.33. The molecule has 2 rings (SSSR count). The monoisotopic (exact) mass is 277 g/mol. The first-order valence-electron chi connectivity index (χ1n) is 7.09. The van der Waals surface area contributed by atoms with E-state index < -0.39 is 11.5 Å². The first-order chi connectivity index (χ1) is 9.49. The van der Waals surface area contributed by atoms with Crippen molar-refractivity contribution in [1.29, 1.82) is 0 Å². The Morgan fingerprint density at radius 2 is 2.30 bits per heavy atom. The zero-order valence-electron chi connectivity index (χ0n) is 12.2. The van der Waals surface area contributed by atoms with E-state index in [2.05, 4.69) is 15.2 Å². The highest BCUT2D eigenvalue weighted by Gasteiger charge is 2.39. The lowest BCUT2D eigenvalue weighted by molar-refractivity contribution is -0.145. The molecule has 20 heavy (non-hydrogen) atoms. The number of pyridine rings is 1. The minimum Gasteiger partial charge on any atom is -0.480 e. The fraction of sp³-hybridized carbons (Fsp3) is 0.600. The lowest BCUT2D eigenvalue weighted by Crippen LogP contribution is -2.57. The predicted molar refractivity (Wildman–Crippen MR) is 77.6 cm³/mol. The highest BCUT2D eigenvalue weighted by Crippen LogP contribution is 2.23. The molecule has 0 spiro atoms. The molecular weight excluding hydrogens is 254 g/mol. The van der Waals surface area contributed by atoms with Crippen LogP contribution in [-0.2, 0) is 11.2 Å². The second-order valence-electron chi connectivity index (χ2n) is 5.86. The molecule has 1 unspecified atom stereocenters. The minimum atomic E-state index is -0.875. The van der Waals surface area contributed by atoms with Crippen molar-refractivity contribution >= 4 is 5.97 Å². The third-order valence-electron chi connectivity index (χ3n) is 3.63. The Bertz CT molecular complexity index is 448. The molecule has 5 nitrogen and oxygen atoms in total. The van der Waals surface area contributed by atoms with Crippen LogP contribution in [0.25, 0.3) is 0 Å². The summed E-state index contributed by atoms with van der Waals surface area (Å²) in [5.74, 6) is -0.783. The molecule has 1 heterocycles. The number of likely N-dealkylation sites (N-methyl/N-ethyl adjacent to an activating group) is 1. The van der Waals surface area contributed by atoms with Crippen LogP contribution in [0.4, 0.5) is 0 Å². The van der Waals surface area contributed by atoms with Crippen LogP contribution in [0.2, 0.25) is 0 Å². The van der Waals surface area contributed by atoms with Gasteiger partial charge in [-0.15, -0.1) is 0 Å². The fourth-order valence-corrected chi connectivity index (χ4v) is 2.32. The van der Waals surface area contributed by atoms with E-state index in [1.807, 2.05) is 25.2 Å². The van der Waals surface area contributed by atoms with E-state index in [1.54, 1.807) is 13.1 Å². The third-order valence-corrected chi connectivity index (χ3v) is 3.63. The molecule has 0 bridgehead atoms. The van der Waals surface area contributed by atoms with Gasteiger partial charge in [-0.05, 0) is 38.9 Å². The smallest absolute Gasteiger partial charge is 0.324 e. The van der Waals surface area contributed by atoms with Crippen LogP contribution in [0.15, 0.2) is 24.4 Å². The van der Waals surface area contributed by atoms with Gasteiger partial charge in [-0.25, -0.2) is 0 Å². The normalized spacial score (nSPS) is 17.9. The SMILES string of the molecule is CN(CCc1ccccn1)CC(C)(NC1CC1)C(=O)O. The van der Waals surface area contributed by atoms with Gasteiger partial charge in [0.25, 0.3) is 0 Å². The molecule has 1 aliphatic carbocycles. The fourth-order valence-electron chi connectivity index (χ4n) is 2.32. The number of carboxylic acids is 1. The van der Waals surface area contributed by atoms with Gasteiger partial charge in [0.2, 0.25) is 0 Å². The summed E-state index contributed by atoms with van der Waals surface area (Å²) < 4.78 is 0. The van der Waals surface area contributed by atoms with E-state index in [0.29, 0.717) is 12.6 Å². The van der Waals surface area contributed by atoms with Gasteiger partial charge >= 0.3 is 5.97 Å².